The Morgan fingerprint density at radius 3 is 2.00 bits per heavy atom. The average Bonchev–Trinajstić information content (AvgIpc) is 1.27. The molecule has 7 heavy (non-hydrogen) atoms. The fraction of sp³-hybridized carbons (Fsp3) is 0.250. The Bertz CT molecular complexity index is 102. The molecule has 0 aromatic carbocycles. The van der Waals surface area contributed by atoms with Crippen molar-refractivity contribution in [1.82, 2.24) is 0 Å². The summed E-state index contributed by atoms with van der Waals surface area (Å²) >= 11 is 4.49. The van der Waals surface area contributed by atoms with Gasteiger partial charge in [-0.1, -0.05) is 12.2 Å². The monoisotopic (exact) mass is 116 g/mol. The van der Waals surface area contributed by atoms with Crippen LogP contribution in [0.4, 0.5) is 0 Å². The summed E-state index contributed by atoms with van der Waals surface area (Å²) in [7, 11) is 0. The molecular formula is C4H8N2S. The summed E-state index contributed by atoms with van der Waals surface area (Å²) in [4.78, 5) is 0.333. The van der Waals surface area contributed by atoms with Gasteiger partial charge in [0.15, 0.2) is 0 Å². The topological polar surface area (TPSA) is 52.0 Å². The van der Waals surface area contributed by atoms with Gasteiger partial charge in [0, 0.05) is 5.70 Å². The van der Waals surface area contributed by atoms with E-state index in [-0.39, 0.29) is 0 Å². The van der Waals surface area contributed by atoms with E-state index in [1.54, 1.807) is 6.92 Å². The standard InChI is InChI=1S/C4H8N2S/c1-3(5)2-4(6)7/h2H,5H2,1H3,(H2,6,7)/b3-2+. The zero-order valence-electron chi connectivity index (χ0n) is 4.14. The van der Waals surface area contributed by atoms with Crippen LogP contribution in [0.3, 0.4) is 0 Å². The fourth-order valence-corrected chi connectivity index (χ4v) is 0.410. The lowest BCUT2D eigenvalue weighted by molar-refractivity contribution is 1.32. The molecule has 0 saturated carbocycles. The highest BCUT2D eigenvalue weighted by molar-refractivity contribution is 7.80. The summed E-state index contributed by atoms with van der Waals surface area (Å²) in [5, 5.41) is 0. The molecule has 0 aromatic heterocycles. The van der Waals surface area contributed by atoms with Gasteiger partial charge in [0.1, 0.15) is 0 Å². The van der Waals surface area contributed by atoms with E-state index < -0.39 is 0 Å². The lowest BCUT2D eigenvalue weighted by atomic mass is 10.4. The molecule has 3 heteroatoms. The van der Waals surface area contributed by atoms with E-state index in [4.69, 9.17) is 11.5 Å². The summed E-state index contributed by atoms with van der Waals surface area (Å²) in [5.74, 6) is 0. The van der Waals surface area contributed by atoms with E-state index in [9.17, 15) is 0 Å². The van der Waals surface area contributed by atoms with Gasteiger partial charge in [-0.15, -0.1) is 0 Å². The molecule has 0 unspecified atom stereocenters. The summed E-state index contributed by atoms with van der Waals surface area (Å²) < 4.78 is 0. The van der Waals surface area contributed by atoms with Crippen LogP contribution in [0, 0.1) is 0 Å². The first-order valence-corrected chi connectivity index (χ1v) is 2.27. The molecule has 0 atom stereocenters. The Hall–Kier alpha value is -0.570. The molecule has 0 saturated heterocycles. The smallest absolute Gasteiger partial charge is 0.0979 e. The quantitative estimate of drug-likeness (QED) is 0.378. The van der Waals surface area contributed by atoms with E-state index in [0.717, 1.165) is 0 Å². The normalized spacial score (nSPS) is 11.3. The van der Waals surface area contributed by atoms with Crippen LogP contribution in [0.1, 0.15) is 6.92 Å². The van der Waals surface area contributed by atoms with Gasteiger partial charge in [-0.25, -0.2) is 0 Å². The fourth-order valence-electron chi connectivity index (χ4n) is 0.224. The largest absolute Gasteiger partial charge is 0.402 e. The average molecular weight is 116 g/mol. The van der Waals surface area contributed by atoms with Gasteiger partial charge < -0.3 is 11.5 Å². The van der Waals surface area contributed by atoms with E-state index in [1.165, 1.54) is 6.08 Å². The first-order chi connectivity index (χ1) is 3.13. The maximum atomic E-state index is 5.19. The molecule has 0 spiro atoms. The van der Waals surface area contributed by atoms with Crippen LogP contribution >= 0.6 is 12.2 Å². The number of allylic oxidation sites excluding steroid dienone is 1. The highest BCUT2D eigenvalue weighted by Gasteiger charge is 1.76. The molecule has 0 rings (SSSR count). The Kier molecular flexibility index (Phi) is 2.37. The van der Waals surface area contributed by atoms with Crippen LogP contribution in [0.2, 0.25) is 0 Å². The van der Waals surface area contributed by atoms with Gasteiger partial charge in [-0.3, -0.25) is 0 Å². The minimum absolute atomic E-state index is 0.333. The zero-order chi connectivity index (χ0) is 5.86. The Labute approximate surface area is 48.2 Å². The van der Waals surface area contributed by atoms with E-state index in [0.29, 0.717) is 10.7 Å². The highest BCUT2D eigenvalue weighted by Crippen LogP contribution is 1.76. The van der Waals surface area contributed by atoms with Crippen LogP contribution in [0.5, 0.6) is 0 Å². The summed E-state index contributed by atoms with van der Waals surface area (Å²) in [6.45, 7) is 1.74. The molecule has 0 aliphatic rings. The van der Waals surface area contributed by atoms with Crippen molar-refractivity contribution in [2.24, 2.45) is 11.5 Å². The van der Waals surface area contributed by atoms with Crippen LogP contribution in [0.25, 0.3) is 0 Å². The van der Waals surface area contributed by atoms with Crippen LogP contribution in [0.15, 0.2) is 11.8 Å². The Balaban J connectivity index is 3.68. The van der Waals surface area contributed by atoms with E-state index in [1.807, 2.05) is 0 Å². The minimum atomic E-state index is 0.333. The number of thiocarbonyl (C=S) groups is 1. The van der Waals surface area contributed by atoms with Crippen molar-refractivity contribution in [3.8, 4) is 0 Å². The second kappa shape index (κ2) is 2.58. The molecular weight excluding hydrogens is 108 g/mol. The Morgan fingerprint density at radius 1 is 1.57 bits per heavy atom. The van der Waals surface area contributed by atoms with E-state index >= 15 is 0 Å². The number of hydrogen-bond acceptors (Lipinski definition) is 2. The van der Waals surface area contributed by atoms with Crippen molar-refractivity contribution in [2.75, 3.05) is 0 Å². The van der Waals surface area contributed by atoms with Crippen LogP contribution in [-0.2, 0) is 0 Å². The number of nitrogens with two attached hydrogens (primary N) is 2. The maximum absolute atomic E-state index is 5.19. The third-order valence-electron chi connectivity index (χ3n) is 0.370. The summed E-state index contributed by atoms with van der Waals surface area (Å²) in [5.41, 5.74) is 10.9. The lowest BCUT2D eigenvalue weighted by Gasteiger charge is -1.85. The van der Waals surface area contributed by atoms with Gasteiger partial charge in [-0.2, -0.15) is 0 Å². The first-order valence-electron chi connectivity index (χ1n) is 1.86. The van der Waals surface area contributed by atoms with Crippen molar-refractivity contribution < 1.29 is 0 Å². The third kappa shape index (κ3) is 5.43. The third-order valence-corrected chi connectivity index (χ3v) is 0.488. The van der Waals surface area contributed by atoms with Crippen molar-refractivity contribution in [3.63, 3.8) is 0 Å². The summed E-state index contributed by atoms with van der Waals surface area (Å²) in [6.07, 6.45) is 1.54. The molecule has 0 aromatic rings. The van der Waals surface area contributed by atoms with Gasteiger partial charge in [0.2, 0.25) is 0 Å². The van der Waals surface area contributed by atoms with Gasteiger partial charge in [-0.05, 0) is 13.0 Å². The van der Waals surface area contributed by atoms with E-state index in [2.05, 4.69) is 12.2 Å². The van der Waals surface area contributed by atoms with Crippen molar-refractivity contribution in [3.05, 3.63) is 11.8 Å². The molecule has 2 nitrogen and oxygen atoms in total. The molecule has 0 amide bonds. The highest BCUT2D eigenvalue weighted by atomic mass is 32.1. The number of hydrogen-bond donors (Lipinski definition) is 2. The Morgan fingerprint density at radius 2 is 2.00 bits per heavy atom. The minimum Gasteiger partial charge on any atom is -0.402 e. The van der Waals surface area contributed by atoms with Crippen molar-refractivity contribution in [1.29, 1.82) is 0 Å². The molecule has 0 aliphatic heterocycles. The van der Waals surface area contributed by atoms with Crippen LogP contribution < -0.4 is 11.5 Å². The molecule has 4 N–H and O–H groups in total. The summed E-state index contributed by atoms with van der Waals surface area (Å²) in [6, 6.07) is 0. The second-order valence-electron chi connectivity index (χ2n) is 1.29. The predicted molar refractivity (Wildman–Crippen MR) is 34.7 cm³/mol. The molecule has 0 heterocycles. The van der Waals surface area contributed by atoms with Gasteiger partial charge in [0.05, 0.1) is 4.99 Å². The van der Waals surface area contributed by atoms with Gasteiger partial charge >= 0.3 is 0 Å². The number of rotatable bonds is 1. The van der Waals surface area contributed by atoms with Gasteiger partial charge in [0.25, 0.3) is 0 Å². The zero-order valence-corrected chi connectivity index (χ0v) is 4.96. The molecule has 0 aliphatic carbocycles. The second-order valence-corrected chi connectivity index (χ2v) is 1.76. The first kappa shape index (κ1) is 6.43. The SMILES string of the molecule is C/C(N)=C\C(N)=S. The molecule has 0 fully saturated rings. The predicted octanol–water partition coefficient (Wildman–Crippen LogP) is 0.135. The van der Waals surface area contributed by atoms with Crippen molar-refractivity contribution in [2.45, 2.75) is 6.92 Å². The molecule has 0 radical (unpaired) electrons. The van der Waals surface area contributed by atoms with Crippen LogP contribution in [-0.4, -0.2) is 4.99 Å². The molecule has 40 valence electrons. The van der Waals surface area contributed by atoms with Crippen molar-refractivity contribution >= 4 is 17.2 Å². The molecule has 0 bridgehead atoms. The maximum Gasteiger partial charge on any atom is 0.0979 e. The lowest BCUT2D eigenvalue weighted by Crippen LogP contribution is -2.06.